The lowest BCUT2D eigenvalue weighted by atomic mass is 9.89. The number of nitrogens with one attached hydrogen (secondary N) is 2. The van der Waals surface area contributed by atoms with Gasteiger partial charge in [0.05, 0.1) is 4.90 Å². The minimum Gasteiger partial charge on any atom is -0.370 e. The van der Waals surface area contributed by atoms with E-state index in [0.717, 1.165) is 6.54 Å². The topological polar surface area (TPSA) is 167 Å². The first-order valence-electron chi connectivity index (χ1n) is 10.1. The lowest BCUT2D eigenvalue weighted by Gasteiger charge is -2.21. The molecule has 2 heterocycles. The van der Waals surface area contributed by atoms with Crippen molar-refractivity contribution in [3.05, 3.63) is 36.7 Å². The number of sulfonamides is 1. The van der Waals surface area contributed by atoms with Crippen molar-refractivity contribution < 1.29 is 8.42 Å². The quantitative estimate of drug-likeness (QED) is 0.427. The minimum atomic E-state index is -3.75. The Morgan fingerprint density at radius 2 is 1.84 bits per heavy atom. The Labute approximate surface area is 180 Å². The smallest absolute Gasteiger partial charge is 0.248 e. The van der Waals surface area contributed by atoms with Crippen molar-refractivity contribution in [1.82, 2.24) is 24.7 Å². The van der Waals surface area contributed by atoms with E-state index in [1.807, 2.05) is 0 Å². The molecule has 0 spiro atoms. The first-order chi connectivity index (χ1) is 14.9. The third kappa shape index (κ3) is 5.27. The van der Waals surface area contributed by atoms with E-state index in [4.69, 9.17) is 10.9 Å². The Balaban J connectivity index is 1.46. The number of primary sulfonamides is 1. The van der Waals surface area contributed by atoms with E-state index in [1.165, 1.54) is 55.2 Å². The zero-order chi connectivity index (χ0) is 21.8. The van der Waals surface area contributed by atoms with Crippen molar-refractivity contribution in [3.63, 3.8) is 0 Å². The minimum absolute atomic E-state index is 0.0188. The zero-order valence-electron chi connectivity index (χ0n) is 16.9. The van der Waals surface area contributed by atoms with E-state index in [1.54, 1.807) is 18.2 Å². The molecule has 0 radical (unpaired) electrons. The van der Waals surface area contributed by atoms with Gasteiger partial charge in [-0.05, 0) is 43.0 Å². The molecule has 31 heavy (non-hydrogen) atoms. The molecule has 0 saturated heterocycles. The van der Waals surface area contributed by atoms with Crippen LogP contribution < -0.4 is 21.5 Å². The number of benzene rings is 1. The Kier molecular flexibility index (Phi) is 6.00. The fourth-order valence-electron chi connectivity index (χ4n) is 3.60. The molecule has 6 N–H and O–H groups in total. The predicted octanol–water partition coefficient (Wildman–Crippen LogP) is 2.02. The van der Waals surface area contributed by atoms with E-state index < -0.39 is 10.0 Å². The lowest BCUT2D eigenvalue weighted by molar-refractivity contribution is 0.373. The molecule has 164 valence electrons. The van der Waals surface area contributed by atoms with Gasteiger partial charge in [-0.3, -0.25) is 0 Å². The van der Waals surface area contributed by atoms with Crippen LogP contribution in [-0.2, 0) is 10.0 Å². The van der Waals surface area contributed by atoms with E-state index in [2.05, 4.69) is 30.7 Å². The van der Waals surface area contributed by atoms with Gasteiger partial charge in [-0.2, -0.15) is 9.67 Å². The molecule has 1 fully saturated rings. The number of anilines is 4. The number of hydrogen-bond acceptors (Lipinski definition) is 9. The Hall–Kier alpha value is -3.25. The molecule has 0 aliphatic heterocycles. The summed E-state index contributed by atoms with van der Waals surface area (Å²) in [6.07, 6.45) is 7.85. The molecule has 2 aromatic heterocycles. The average Bonchev–Trinajstić information content (AvgIpc) is 3.13. The first-order valence-corrected chi connectivity index (χ1v) is 11.6. The molecule has 0 unspecified atom stereocenters. The summed E-state index contributed by atoms with van der Waals surface area (Å²) in [5.74, 6) is 2.26. The number of aromatic nitrogens is 5. The van der Waals surface area contributed by atoms with Gasteiger partial charge in [0.1, 0.15) is 12.1 Å². The zero-order valence-corrected chi connectivity index (χ0v) is 17.7. The van der Waals surface area contributed by atoms with Gasteiger partial charge in [0.15, 0.2) is 5.82 Å². The van der Waals surface area contributed by atoms with Crippen LogP contribution in [0.15, 0.2) is 41.6 Å². The molecule has 11 nitrogen and oxygen atoms in total. The number of rotatable bonds is 7. The summed E-state index contributed by atoms with van der Waals surface area (Å²) in [5.41, 5.74) is 6.61. The van der Waals surface area contributed by atoms with Gasteiger partial charge in [0.2, 0.25) is 21.9 Å². The maximum atomic E-state index is 11.4. The fourth-order valence-corrected chi connectivity index (χ4v) is 4.12. The third-order valence-electron chi connectivity index (χ3n) is 5.24. The summed E-state index contributed by atoms with van der Waals surface area (Å²) in [6.45, 7) is 0.880. The molecule has 1 aromatic carbocycles. The molecule has 0 amide bonds. The molecule has 1 aliphatic rings. The first kappa shape index (κ1) is 21.0. The molecule has 1 aliphatic carbocycles. The van der Waals surface area contributed by atoms with E-state index in [9.17, 15) is 8.42 Å². The Morgan fingerprint density at radius 1 is 1.10 bits per heavy atom. The average molecular weight is 444 g/mol. The lowest BCUT2D eigenvalue weighted by Crippen LogP contribution is -2.18. The molecular weight excluding hydrogens is 418 g/mol. The normalized spacial score (nSPS) is 15.0. The van der Waals surface area contributed by atoms with E-state index in [0.29, 0.717) is 23.2 Å². The molecule has 1 saturated carbocycles. The van der Waals surface area contributed by atoms with Gasteiger partial charge in [-0.15, -0.1) is 5.10 Å². The van der Waals surface area contributed by atoms with Crippen LogP contribution in [0.5, 0.6) is 0 Å². The van der Waals surface area contributed by atoms with Gasteiger partial charge in [0.25, 0.3) is 0 Å². The number of nitrogens with zero attached hydrogens (tertiary/aromatic N) is 5. The highest BCUT2D eigenvalue weighted by molar-refractivity contribution is 7.89. The van der Waals surface area contributed by atoms with Crippen molar-refractivity contribution in [2.45, 2.75) is 37.0 Å². The Bertz CT molecular complexity index is 1140. The summed E-state index contributed by atoms with van der Waals surface area (Å²) >= 11 is 0. The second-order valence-corrected chi connectivity index (χ2v) is 9.11. The van der Waals surface area contributed by atoms with Gasteiger partial charge in [-0.25, -0.2) is 23.5 Å². The summed E-state index contributed by atoms with van der Waals surface area (Å²) in [5, 5.41) is 15.8. The monoisotopic (exact) mass is 443 g/mol. The van der Waals surface area contributed by atoms with Crippen LogP contribution in [0.25, 0.3) is 5.82 Å². The maximum Gasteiger partial charge on any atom is 0.248 e. The van der Waals surface area contributed by atoms with Gasteiger partial charge in [0, 0.05) is 18.3 Å². The van der Waals surface area contributed by atoms with Crippen LogP contribution in [0.4, 0.5) is 23.4 Å². The maximum absolute atomic E-state index is 11.4. The van der Waals surface area contributed by atoms with Crippen LogP contribution in [0.2, 0.25) is 0 Å². The number of nitrogen functional groups attached to an aromatic ring is 1. The summed E-state index contributed by atoms with van der Waals surface area (Å²) < 4.78 is 24.1. The van der Waals surface area contributed by atoms with E-state index in [-0.39, 0.29) is 16.8 Å². The van der Waals surface area contributed by atoms with Gasteiger partial charge in [-0.1, -0.05) is 19.3 Å². The second-order valence-electron chi connectivity index (χ2n) is 7.55. The molecule has 4 rings (SSSR count). The highest BCUT2D eigenvalue weighted by Crippen LogP contribution is 2.24. The standard InChI is InChI=1S/C19H25N9O2S/c20-18-26-19(25-14-6-8-15(9-7-14)31(21,29)30)27-28(18)17-10-16(23-12-24-17)22-11-13-4-2-1-3-5-13/h6-10,12-13H,1-5,11H2,(H2,21,29,30)(H,22,23,24)(H3,20,25,26,27). The predicted molar refractivity (Wildman–Crippen MR) is 118 cm³/mol. The molecule has 12 heteroatoms. The van der Waals surface area contributed by atoms with Gasteiger partial charge < -0.3 is 16.4 Å². The van der Waals surface area contributed by atoms with Crippen LogP contribution in [0.3, 0.4) is 0 Å². The highest BCUT2D eigenvalue weighted by Gasteiger charge is 2.15. The highest BCUT2D eigenvalue weighted by atomic mass is 32.2. The third-order valence-corrected chi connectivity index (χ3v) is 6.17. The summed E-state index contributed by atoms with van der Waals surface area (Å²) in [6, 6.07) is 7.70. The van der Waals surface area contributed by atoms with Crippen molar-refractivity contribution in [3.8, 4) is 5.82 Å². The van der Waals surface area contributed by atoms with Crippen LogP contribution in [-0.4, -0.2) is 39.7 Å². The molecular formula is C19H25N9O2S. The summed E-state index contributed by atoms with van der Waals surface area (Å²) in [7, 11) is -3.75. The fraction of sp³-hybridized carbons (Fsp3) is 0.368. The largest absolute Gasteiger partial charge is 0.370 e. The molecule has 0 atom stereocenters. The number of nitrogens with two attached hydrogens (primary N) is 2. The SMILES string of the molecule is Nc1nc(Nc2ccc(S(N)(=O)=O)cc2)nn1-c1cc(NCC2CCCCC2)ncn1. The van der Waals surface area contributed by atoms with Gasteiger partial charge >= 0.3 is 0 Å². The van der Waals surface area contributed by atoms with Crippen molar-refractivity contribution in [2.24, 2.45) is 11.1 Å². The van der Waals surface area contributed by atoms with Crippen molar-refractivity contribution in [2.75, 3.05) is 22.9 Å². The Morgan fingerprint density at radius 3 is 2.55 bits per heavy atom. The van der Waals surface area contributed by atoms with Crippen molar-refractivity contribution in [1.29, 1.82) is 0 Å². The van der Waals surface area contributed by atoms with Crippen LogP contribution in [0, 0.1) is 5.92 Å². The van der Waals surface area contributed by atoms with Crippen LogP contribution in [0.1, 0.15) is 32.1 Å². The van der Waals surface area contributed by atoms with Crippen LogP contribution >= 0.6 is 0 Å². The van der Waals surface area contributed by atoms with E-state index >= 15 is 0 Å². The second kappa shape index (κ2) is 8.86. The summed E-state index contributed by atoms with van der Waals surface area (Å²) in [4.78, 5) is 12.7. The van der Waals surface area contributed by atoms with Crippen molar-refractivity contribution >= 4 is 33.4 Å². The number of hydrogen-bond donors (Lipinski definition) is 4. The molecule has 3 aromatic rings. The molecule has 0 bridgehead atoms.